The maximum atomic E-state index is 10.9. The molecule has 0 saturated carbocycles. The van der Waals surface area contributed by atoms with Gasteiger partial charge in [-0.05, 0) is 12.0 Å². The number of carbonyl (C=O) groups is 2. The Kier molecular flexibility index (Phi) is 6.12. The molecule has 2 N–H and O–H groups in total. The fourth-order valence-corrected chi connectivity index (χ4v) is 0.583. The van der Waals surface area contributed by atoms with Gasteiger partial charge in [0.05, 0.1) is 6.61 Å². The second-order valence-corrected chi connectivity index (χ2v) is 3.21. The molecule has 6 nitrogen and oxygen atoms in total. The maximum absolute atomic E-state index is 10.9. The van der Waals surface area contributed by atoms with Gasteiger partial charge in [-0.1, -0.05) is 20.4 Å². The molecule has 0 aliphatic heterocycles. The van der Waals surface area contributed by atoms with E-state index in [1.165, 1.54) is 0 Å². The van der Waals surface area contributed by atoms with Crippen molar-refractivity contribution in [2.75, 3.05) is 6.61 Å². The number of hydrogen-bond acceptors (Lipinski definition) is 4. The molecule has 0 radical (unpaired) electrons. The normalized spacial score (nSPS) is 11.9. The summed E-state index contributed by atoms with van der Waals surface area (Å²) >= 11 is 0. The minimum absolute atomic E-state index is 0.199. The number of carboxylic acid groups (broad SMARTS) is 1. The highest BCUT2D eigenvalue weighted by Gasteiger charge is 2.15. The summed E-state index contributed by atoms with van der Waals surface area (Å²) in [4.78, 5) is 25.8. The Bertz CT molecular complexity index is 239. The Labute approximate surface area is 87.8 Å². The highest BCUT2D eigenvalue weighted by molar-refractivity contribution is 5.75. The van der Waals surface area contributed by atoms with Crippen molar-refractivity contribution in [3.8, 4) is 0 Å². The first-order valence-electron chi connectivity index (χ1n) is 4.41. The molecule has 0 bridgehead atoms. The van der Waals surface area contributed by atoms with Gasteiger partial charge in [0.2, 0.25) is 6.10 Å². The van der Waals surface area contributed by atoms with E-state index >= 15 is 0 Å². The summed E-state index contributed by atoms with van der Waals surface area (Å²) in [5.74, 6) is -1.04. The molecular weight excluding hydrogens is 202 g/mol. The van der Waals surface area contributed by atoms with Crippen LogP contribution in [0.15, 0.2) is 12.7 Å². The average Bonchev–Trinajstić information content (AvgIpc) is 2.15. The number of amides is 1. The van der Waals surface area contributed by atoms with Crippen molar-refractivity contribution in [1.82, 2.24) is 5.48 Å². The molecule has 86 valence electrons. The maximum Gasteiger partial charge on any atom is 0.431 e. The lowest BCUT2D eigenvalue weighted by molar-refractivity contribution is -0.150. The number of rotatable bonds is 6. The van der Waals surface area contributed by atoms with Crippen LogP contribution in [0.5, 0.6) is 0 Å². The van der Waals surface area contributed by atoms with Crippen molar-refractivity contribution in [2.45, 2.75) is 20.0 Å². The third kappa shape index (κ3) is 6.50. The van der Waals surface area contributed by atoms with Crippen molar-refractivity contribution in [3.05, 3.63) is 12.7 Å². The molecule has 0 spiro atoms. The van der Waals surface area contributed by atoms with Crippen LogP contribution in [-0.2, 0) is 14.4 Å². The first-order chi connectivity index (χ1) is 6.97. The quantitative estimate of drug-likeness (QED) is 0.511. The van der Waals surface area contributed by atoms with E-state index in [1.807, 2.05) is 19.3 Å². The van der Waals surface area contributed by atoms with Gasteiger partial charge in [-0.25, -0.2) is 9.59 Å². The minimum atomic E-state index is -1.28. The van der Waals surface area contributed by atoms with Crippen LogP contribution < -0.4 is 5.48 Å². The zero-order chi connectivity index (χ0) is 11.8. The van der Waals surface area contributed by atoms with Crippen molar-refractivity contribution in [3.63, 3.8) is 0 Å². The zero-order valence-corrected chi connectivity index (χ0v) is 8.73. The molecule has 1 atom stereocenters. The van der Waals surface area contributed by atoms with Gasteiger partial charge in [0.1, 0.15) is 0 Å². The monoisotopic (exact) mass is 217 g/mol. The number of nitrogens with one attached hydrogen (secondary N) is 1. The van der Waals surface area contributed by atoms with Crippen LogP contribution in [0.4, 0.5) is 4.79 Å². The van der Waals surface area contributed by atoms with E-state index in [1.54, 1.807) is 0 Å². The predicted molar refractivity (Wildman–Crippen MR) is 52.0 cm³/mol. The minimum Gasteiger partial charge on any atom is -0.479 e. The Balaban J connectivity index is 3.78. The highest BCUT2D eigenvalue weighted by atomic mass is 16.7. The summed E-state index contributed by atoms with van der Waals surface area (Å²) in [7, 11) is 0. The predicted octanol–water partition coefficient (Wildman–Crippen LogP) is 0.939. The summed E-state index contributed by atoms with van der Waals surface area (Å²) in [5.41, 5.74) is 1.86. The number of hydrogen-bond donors (Lipinski definition) is 2. The fourth-order valence-electron chi connectivity index (χ4n) is 0.583. The van der Waals surface area contributed by atoms with Gasteiger partial charge in [-0.15, -0.1) is 0 Å². The molecule has 0 aliphatic rings. The van der Waals surface area contributed by atoms with Crippen LogP contribution in [-0.4, -0.2) is 29.9 Å². The van der Waals surface area contributed by atoms with Crippen LogP contribution in [0.25, 0.3) is 0 Å². The van der Waals surface area contributed by atoms with Gasteiger partial charge in [0, 0.05) is 0 Å². The number of ether oxygens (including phenoxy) is 1. The third-order valence-corrected chi connectivity index (χ3v) is 1.27. The molecule has 0 aromatic rings. The summed E-state index contributed by atoms with van der Waals surface area (Å²) in [5, 5.41) is 8.52. The van der Waals surface area contributed by atoms with Crippen molar-refractivity contribution in [2.24, 2.45) is 5.92 Å². The van der Waals surface area contributed by atoms with Gasteiger partial charge in [0.25, 0.3) is 0 Å². The summed E-state index contributed by atoms with van der Waals surface area (Å²) in [6.45, 7) is 7.22. The zero-order valence-electron chi connectivity index (χ0n) is 8.73. The van der Waals surface area contributed by atoms with Crippen LogP contribution in [0.2, 0.25) is 0 Å². The second-order valence-electron chi connectivity index (χ2n) is 3.21. The molecule has 0 unspecified atom stereocenters. The first-order valence-corrected chi connectivity index (χ1v) is 4.41. The van der Waals surface area contributed by atoms with Gasteiger partial charge >= 0.3 is 12.1 Å². The Morgan fingerprint density at radius 3 is 2.53 bits per heavy atom. The lowest BCUT2D eigenvalue weighted by Gasteiger charge is -2.11. The molecule has 0 heterocycles. The van der Waals surface area contributed by atoms with Crippen LogP contribution in [0.1, 0.15) is 13.8 Å². The number of carboxylic acids is 1. The fraction of sp³-hybridized carbons (Fsp3) is 0.556. The van der Waals surface area contributed by atoms with Gasteiger partial charge in [-0.2, -0.15) is 5.48 Å². The van der Waals surface area contributed by atoms with Crippen molar-refractivity contribution >= 4 is 12.1 Å². The molecular formula is C9H15NO5. The van der Waals surface area contributed by atoms with E-state index in [0.717, 1.165) is 6.08 Å². The molecule has 0 aliphatic carbocycles. The number of carbonyl (C=O) groups excluding carboxylic acids is 1. The summed E-state index contributed by atoms with van der Waals surface area (Å²) < 4.78 is 4.68. The average molecular weight is 217 g/mol. The molecule has 0 fully saturated rings. The van der Waals surface area contributed by atoms with E-state index in [-0.39, 0.29) is 12.5 Å². The Hall–Kier alpha value is -1.56. The molecule has 0 rings (SSSR count). The van der Waals surface area contributed by atoms with Crippen molar-refractivity contribution in [1.29, 1.82) is 0 Å². The van der Waals surface area contributed by atoms with Crippen LogP contribution >= 0.6 is 0 Å². The van der Waals surface area contributed by atoms with E-state index in [9.17, 15) is 9.59 Å². The van der Waals surface area contributed by atoms with Crippen LogP contribution in [0, 0.1) is 5.92 Å². The van der Waals surface area contributed by atoms with Crippen LogP contribution in [0.3, 0.4) is 0 Å². The molecule has 15 heavy (non-hydrogen) atoms. The highest BCUT2D eigenvalue weighted by Crippen LogP contribution is 1.94. The number of aliphatic carboxylic acids is 1. The molecule has 0 aromatic heterocycles. The van der Waals surface area contributed by atoms with E-state index in [4.69, 9.17) is 5.11 Å². The largest absolute Gasteiger partial charge is 0.479 e. The summed E-state index contributed by atoms with van der Waals surface area (Å²) in [6.07, 6.45) is -1.06. The molecule has 6 heteroatoms. The van der Waals surface area contributed by atoms with E-state index in [0.29, 0.717) is 0 Å². The topological polar surface area (TPSA) is 84.9 Å². The smallest absolute Gasteiger partial charge is 0.431 e. The molecule has 1 amide bonds. The van der Waals surface area contributed by atoms with Gasteiger partial charge in [-0.3, -0.25) is 4.84 Å². The lowest BCUT2D eigenvalue weighted by atomic mass is 10.2. The van der Waals surface area contributed by atoms with Gasteiger partial charge in [0.15, 0.2) is 0 Å². The summed E-state index contributed by atoms with van der Waals surface area (Å²) in [6, 6.07) is 0. The SMILES string of the molecule is C=C[C@@H](ONC(=O)OCC(C)C)C(=O)O. The van der Waals surface area contributed by atoms with E-state index < -0.39 is 18.2 Å². The second kappa shape index (κ2) is 6.83. The molecule has 0 saturated heterocycles. The van der Waals surface area contributed by atoms with Gasteiger partial charge < -0.3 is 9.84 Å². The number of hydroxylamine groups is 1. The Morgan fingerprint density at radius 1 is 1.53 bits per heavy atom. The van der Waals surface area contributed by atoms with Crippen molar-refractivity contribution < 1.29 is 24.3 Å². The standard InChI is InChI=1S/C9H15NO5/c1-4-7(8(11)12)15-10-9(13)14-5-6(2)3/h4,6-7H,1,5H2,2-3H3,(H,10,13)(H,11,12)/t7-/m1/s1. The third-order valence-electron chi connectivity index (χ3n) is 1.27. The molecule has 0 aromatic carbocycles. The first kappa shape index (κ1) is 13.4. The Morgan fingerprint density at radius 2 is 2.13 bits per heavy atom. The lowest BCUT2D eigenvalue weighted by Crippen LogP contribution is -2.33. The van der Waals surface area contributed by atoms with E-state index in [2.05, 4.69) is 16.2 Å².